The summed E-state index contributed by atoms with van der Waals surface area (Å²) in [5.41, 5.74) is 0.337. The van der Waals surface area contributed by atoms with Crippen LogP contribution in [0.3, 0.4) is 0 Å². The molecule has 2 bridgehead atoms. The summed E-state index contributed by atoms with van der Waals surface area (Å²) in [6.07, 6.45) is 2.80. The van der Waals surface area contributed by atoms with Crippen LogP contribution in [0.25, 0.3) is 0 Å². The predicted octanol–water partition coefficient (Wildman–Crippen LogP) is 3.41. The second-order valence-corrected chi connectivity index (χ2v) is 13.4. The maximum absolute atomic E-state index is 6.70. The molecule has 1 aromatic rings. The number of hydrogen-bond donors (Lipinski definition) is 0. The Morgan fingerprint density at radius 2 is 1.77 bits per heavy atom. The minimum absolute atomic E-state index is 0.0138. The van der Waals surface area contributed by atoms with Crippen LogP contribution in [0.4, 0.5) is 0 Å². The molecule has 3 saturated carbocycles. The maximum Gasteiger partial charge on any atom is 0.438 e. The van der Waals surface area contributed by atoms with Gasteiger partial charge < -0.3 is 9.31 Å². The minimum atomic E-state index is -1.78. The van der Waals surface area contributed by atoms with E-state index in [1.54, 1.807) is 0 Å². The van der Waals surface area contributed by atoms with Gasteiger partial charge in [-0.15, -0.1) is 0 Å². The van der Waals surface area contributed by atoms with Gasteiger partial charge in [0.2, 0.25) is 0 Å². The Kier molecular flexibility index (Phi) is 3.06. The molecule has 0 amide bonds. The average Bonchev–Trinajstić information content (AvgIpc) is 2.85. The monoisotopic (exact) mass is 314 g/mol. The molecule has 1 aliphatic heterocycles. The van der Waals surface area contributed by atoms with Gasteiger partial charge in [-0.1, -0.05) is 62.5 Å². The molecule has 1 heterocycles. The number of hydrogen-bond acceptors (Lipinski definition) is 2. The van der Waals surface area contributed by atoms with Crippen LogP contribution in [-0.2, 0) is 9.31 Å². The molecule has 1 aromatic carbocycles. The lowest BCUT2D eigenvalue weighted by molar-refractivity contribution is -0.199. The van der Waals surface area contributed by atoms with Gasteiger partial charge >= 0.3 is 6.71 Å². The third-order valence-electron chi connectivity index (χ3n) is 7.06. The van der Waals surface area contributed by atoms with Crippen LogP contribution in [0.5, 0.6) is 0 Å². The Labute approximate surface area is 135 Å². The van der Waals surface area contributed by atoms with Crippen molar-refractivity contribution in [3.63, 3.8) is 0 Å². The number of benzene rings is 1. The van der Waals surface area contributed by atoms with Gasteiger partial charge in [-0.25, -0.2) is 0 Å². The largest absolute Gasteiger partial charge is 0.438 e. The van der Waals surface area contributed by atoms with Gasteiger partial charge in [-0.05, 0) is 37.0 Å². The summed E-state index contributed by atoms with van der Waals surface area (Å²) in [4.78, 5) is 0. The molecular formula is C18H27BO2Si. The van der Waals surface area contributed by atoms with Gasteiger partial charge in [0.25, 0.3) is 0 Å². The van der Waals surface area contributed by atoms with Crippen molar-refractivity contribution in [1.82, 2.24) is 0 Å². The van der Waals surface area contributed by atoms with E-state index in [4.69, 9.17) is 9.31 Å². The van der Waals surface area contributed by atoms with E-state index in [-0.39, 0.29) is 12.3 Å². The van der Waals surface area contributed by atoms with E-state index >= 15 is 0 Å². The lowest BCUT2D eigenvalue weighted by atomic mass is 9.43. The topological polar surface area (TPSA) is 18.5 Å². The Balaban J connectivity index is 1.63. The van der Waals surface area contributed by atoms with Crippen molar-refractivity contribution in [2.24, 2.45) is 17.3 Å². The fourth-order valence-corrected chi connectivity index (χ4v) is 7.56. The lowest BCUT2D eigenvalue weighted by Gasteiger charge is -2.64. The normalized spacial score (nSPS) is 39.3. The van der Waals surface area contributed by atoms with E-state index in [1.165, 1.54) is 18.0 Å². The highest BCUT2D eigenvalue weighted by Gasteiger charge is 2.69. The van der Waals surface area contributed by atoms with Gasteiger partial charge in [0.1, 0.15) is 7.94 Å². The Bertz CT molecular complexity index is 588. The van der Waals surface area contributed by atoms with Crippen LogP contribution in [-0.4, -0.2) is 26.4 Å². The van der Waals surface area contributed by atoms with Crippen LogP contribution in [0, 0.1) is 17.3 Å². The van der Waals surface area contributed by atoms with Gasteiger partial charge in [-0.2, -0.15) is 0 Å². The van der Waals surface area contributed by atoms with E-state index in [0.29, 0.717) is 17.4 Å². The highest BCUT2D eigenvalue weighted by molar-refractivity contribution is 7.33. The van der Waals surface area contributed by atoms with E-state index in [2.05, 4.69) is 64.2 Å². The minimum Gasteiger partial charge on any atom is -0.408 e. The molecule has 22 heavy (non-hydrogen) atoms. The van der Waals surface area contributed by atoms with Crippen LogP contribution >= 0.6 is 0 Å². The first-order chi connectivity index (χ1) is 10.3. The van der Waals surface area contributed by atoms with Crippen LogP contribution in [0.2, 0.25) is 13.1 Å². The fraction of sp³-hybridized carbons (Fsp3) is 0.667. The second-order valence-electron chi connectivity index (χ2n) is 8.89. The second kappa shape index (κ2) is 4.49. The van der Waals surface area contributed by atoms with Crippen molar-refractivity contribution in [2.75, 3.05) is 0 Å². The summed E-state index contributed by atoms with van der Waals surface area (Å²) in [6, 6.07) is 10.8. The highest BCUT2D eigenvalue weighted by atomic mass is 28.3. The third-order valence-corrected chi connectivity index (χ3v) is 10.3. The van der Waals surface area contributed by atoms with Crippen molar-refractivity contribution in [1.29, 1.82) is 0 Å². The molecule has 2 nitrogen and oxygen atoms in total. The molecule has 3 aliphatic carbocycles. The zero-order valence-corrected chi connectivity index (χ0v) is 15.4. The van der Waals surface area contributed by atoms with E-state index < -0.39 is 7.94 Å². The Hall–Kier alpha value is -0.578. The first kappa shape index (κ1) is 15.0. The first-order valence-electron chi connectivity index (χ1n) is 8.65. The molecule has 0 unspecified atom stereocenters. The van der Waals surface area contributed by atoms with Crippen molar-refractivity contribution in [3.8, 4) is 0 Å². The molecule has 4 heteroatoms. The van der Waals surface area contributed by atoms with E-state index in [9.17, 15) is 0 Å². The standard InChI is InChI=1S/C18H27BO2Si/c1-17(2)13-11-15(17)18(3)16(12-13)20-19(21-18)22(4,5)14-9-7-6-8-10-14/h6-10,13,15-16H,11-12H2,1-5H3/t13-,15-,16+,18-/m0/s1. The SMILES string of the molecule is CC1(C)[C@@H]2C[C@H]3OB([Si](C)(C)c4ccccc4)O[C@@]3(C)[C@H]1C2. The summed E-state index contributed by atoms with van der Waals surface area (Å²) in [6.45, 7) is 11.9. The van der Waals surface area contributed by atoms with Gasteiger partial charge in [0.05, 0.1) is 11.7 Å². The number of rotatable bonds is 2. The van der Waals surface area contributed by atoms with E-state index in [0.717, 1.165) is 5.92 Å². The zero-order chi connectivity index (χ0) is 15.8. The van der Waals surface area contributed by atoms with Crippen LogP contribution in [0.1, 0.15) is 33.6 Å². The van der Waals surface area contributed by atoms with Crippen molar-refractivity contribution in [2.45, 2.75) is 58.4 Å². The molecule has 0 spiro atoms. The highest BCUT2D eigenvalue weighted by Crippen LogP contribution is 2.65. The predicted molar refractivity (Wildman–Crippen MR) is 93.7 cm³/mol. The van der Waals surface area contributed by atoms with Gasteiger partial charge in [-0.3, -0.25) is 0 Å². The third kappa shape index (κ3) is 1.81. The smallest absolute Gasteiger partial charge is 0.408 e. The summed E-state index contributed by atoms with van der Waals surface area (Å²) >= 11 is 0. The van der Waals surface area contributed by atoms with Crippen LogP contribution < -0.4 is 5.19 Å². The van der Waals surface area contributed by atoms with Crippen molar-refractivity contribution in [3.05, 3.63) is 30.3 Å². The molecule has 4 atom stereocenters. The van der Waals surface area contributed by atoms with Gasteiger partial charge in [0, 0.05) is 0 Å². The van der Waals surface area contributed by atoms with Gasteiger partial charge in [0.15, 0.2) is 0 Å². The molecule has 0 N–H and O–H groups in total. The quantitative estimate of drug-likeness (QED) is 0.779. The fourth-order valence-electron chi connectivity index (χ4n) is 5.18. The molecular weight excluding hydrogens is 287 g/mol. The molecule has 118 valence electrons. The molecule has 1 saturated heterocycles. The average molecular weight is 314 g/mol. The Morgan fingerprint density at radius 1 is 1.09 bits per heavy atom. The van der Waals surface area contributed by atoms with E-state index in [1.807, 2.05) is 0 Å². The van der Waals surface area contributed by atoms with Crippen molar-refractivity contribution < 1.29 is 9.31 Å². The van der Waals surface area contributed by atoms with Crippen molar-refractivity contribution >= 4 is 19.8 Å². The summed E-state index contributed by atoms with van der Waals surface area (Å²) in [5, 5.41) is 1.42. The maximum atomic E-state index is 6.70. The molecule has 0 radical (unpaired) electrons. The lowest BCUT2D eigenvalue weighted by Crippen LogP contribution is -2.65. The molecule has 0 aromatic heterocycles. The zero-order valence-electron chi connectivity index (χ0n) is 14.4. The summed E-state index contributed by atoms with van der Waals surface area (Å²) < 4.78 is 13.2. The first-order valence-corrected chi connectivity index (χ1v) is 11.7. The summed E-state index contributed by atoms with van der Waals surface area (Å²) in [5.74, 6) is 1.47. The van der Waals surface area contributed by atoms with Crippen LogP contribution in [0.15, 0.2) is 30.3 Å². The Morgan fingerprint density at radius 3 is 2.41 bits per heavy atom. The molecule has 4 fully saturated rings. The molecule has 4 aliphatic rings. The summed E-state index contributed by atoms with van der Waals surface area (Å²) in [7, 11) is -1.78. The molecule has 5 rings (SSSR count).